The summed E-state index contributed by atoms with van der Waals surface area (Å²) < 4.78 is 35.9. The molecule has 0 spiro atoms. The Kier molecular flexibility index (Phi) is 4.99. The van der Waals surface area contributed by atoms with E-state index < -0.39 is 16.0 Å². The van der Waals surface area contributed by atoms with Crippen molar-refractivity contribution in [3.63, 3.8) is 0 Å². The van der Waals surface area contributed by atoms with Crippen LogP contribution in [-0.2, 0) is 9.84 Å². The highest BCUT2D eigenvalue weighted by atomic mass is 32.2. The van der Waals surface area contributed by atoms with Crippen molar-refractivity contribution < 1.29 is 12.8 Å². The molecule has 90 valence electrons. The Labute approximate surface area is 91.4 Å². The molecular weight excluding hydrogens is 217 g/mol. The lowest BCUT2D eigenvalue weighted by Crippen LogP contribution is -2.32. The van der Waals surface area contributed by atoms with Gasteiger partial charge in [0.05, 0.1) is 5.75 Å². The van der Waals surface area contributed by atoms with Crippen molar-refractivity contribution in [1.29, 1.82) is 0 Å². The zero-order chi connectivity index (χ0) is 11.3. The Hall–Kier alpha value is -0.160. The van der Waals surface area contributed by atoms with Crippen LogP contribution in [0.15, 0.2) is 0 Å². The Morgan fingerprint density at radius 3 is 2.80 bits per heavy atom. The molecule has 0 aliphatic carbocycles. The number of hydrogen-bond acceptors (Lipinski definition) is 3. The van der Waals surface area contributed by atoms with Crippen molar-refractivity contribution in [2.45, 2.75) is 44.8 Å². The van der Waals surface area contributed by atoms with Crippen LogP contribution >= 0.6 is 0 Å². The van der Waals surface area contributed by atoms with Crippen molar-refractivity contribution in [3.8, 4) is 0 Å². The van der Waals surface area contributed by atoms with Crippen molar-refractivity contribution >= 4 is 9.84 Å². The van der Waals surface area contributed by atoms with E-state index in [1.165, 1.54) is 0 Å². The van der Waals surface area contributed by atoms with Gasteiger partial charge >= 0.3 is 0 Å². The van der Waals surface area contributed by atoms with Crippen LogP contribution in [-0.4, -0.2) is 38.7 Å². The van der Waals surface area contributed by atoms with Crippen LogP contribution in [0.3, 0.4) is 0 Å². The highest BCUT2D eigenvalue weighted by Crippen LogP contribution is 2.16. The summed E-state index contributed by atoms with van der Waals surface area (Å²) in [6, 6.07) is -0.0469. The van der Waals surface area contributed by atoms with Gasteiger partial charge in [0.15, 0.2) is 0 Å². The maximum absolute atomic E-state index is 13.5. The van der Waals surface area contributed by atoms with Crippen LogP contribution in [0.25, 0.3) is 0 Å². The van der Waals surface area contributed by atoms with E-state index in [9.17, 15) is 12.8 Å². The quantitative estimate of drug-likeness (QED) is 0.757. The predicted octanol–water partition coefficient (Wildman–Crippen LogP) is 1.29. The summed E-state index contributed by atoms with van der Waals surface area (Å²) in [6.45, 7) is 2.51. The molecule has 1 N–H and O–H groups in total. The summed E-state index contributed by atoms with van der Waals surface area (Å²) in [7, 11) is -2.93. The van der Waals surface area contributed by atoms with Gasteiger partial charge in [0, 0.05) is 11.8 Å². The molecule has 1 fully saturated rings. The van der Waals surface area contributed by atoms with Gasteiger partial charge in [0.2, 0.25) is 0 Å². The molecule has 1 aliphatic rings. The van der Waals surface area contributed by atoms with Gasteiger partial charge in [0.25, 0.3) is 0 Å². The van der Waals surface area contributed by atoms with Crippen molar-refractivity contribution in [3.05, 3.63) is 0 Å². The minimum Gasteiger partial charge on any atom is -0.311 e. The van der Waals surface area contributed by atoms with Gasteiger partial charge in [-0.05, 0) is 32.2 Å². The minimum atomic E-state index is -2.93. The zero-order valence-electron chi connectivity index (χ0n) is 9.21. The molecule has 0 radical (unpaired) electrons. The van der Waals surface area contributed by atoms with Gasteiger partial charge in [-0.25, -0.2) is 12.8 Å². The molecular formula is C10H20FNO2S. The van der Waals surface area contributed by atoms with Crippen LogP contribution in [0.4, 0.5) is 4.39 Å². The first-order valence-corrected chi connectivity index (χ1v) is 7.45. The highest BCUT2D eigenvalue weighted by molar-refractivity contribution is 7.91. The molecule has 0 aromatic rings. The second kappa shape index (κ2) is 5.80. The normalized spacial score (nSPS) is 24.3. The highest BCUT2D eigenvalue weighted by Gasteiger charge is 2.24. The van der Waals surface area contributed by atoms with Crippen molar-refractivity contribution in [2.24, 2.45) is 0 Å². The minimum absolute atomic E-state index is 0.0469. The topological polar surface area (TPSA) is 46.2 Å². The Morgan fingerprint density at radius 1 is 1.53 bits per heavy atom. The van der Waals surface area contributed by atoms with E-state index in [0.717, 1.165) is 19.4 Å². The Bertz CT molecular complexity index is 273. The summed E-state index contributed by atoms with van der Waals surface area (Å²) in [5, 5.41) is 3.09. The number of alkyl halides is 1. The average molecular weight is 237 g/mol. The molecule has 0 bridgehead atoms. The largest absolute Gasteiger partial charge is 0.311 e. The maximum atomic E-state index is 13.5. The van der Waals surface area contributed by atoms with Crippen LogP contribution in [0, 0.1) is 0 Å². The SMILES string of the molecule is CCS(=O)(=O)CCCC(F)C1CCCN1. The smallest absolute Gasteiger partial charge is 0.150 e. The third kappa shape index (κ3) is 4.47. The lowest BCUT2D eigenvalue weighted by atomic mass is 10.1. The number of halogens is 1. The molecule has 1 rings (SSSR count). The van der Waals surface area contributed by atoms with E-state index in [4.69, 9.17) is 0 Å². The molecule has 0 saturated carbocycles. The summed E-state index contributed by atoms with van der Waals surface area (Å²) in [5.74, 6) is 0.280. The van der Waals surface area contributed by atoms with Crippen LogP contribution in [0.1, 0.15) is 32.6 Å². The first-order chi connectivity index (χ1) is 7.05. The van der Waals surface area contributed by atoms with Crippen molar-refractivity contribution in [1.82, 2.24) is 5.32 Å². The predicted molar refractivity (Wildman–Crippen MR) is 59.5 cm³/mol. The lowest BCUT2D eigenvalue weighted by Gasteiger charge is -2.15. The fourth-order valence-corrected chi connectivity index (χ4v) is 2.76. The molecule has 15 heavy (non-hydrogen) atoms. The number of nitrogens with one attached hydrogen (secondary N) is 1. The molecule has 3 nitrogen and oxygen atoms in total. The van der Waals surface area contributed by atoms with E-state index in [0.29, 0.717) is 12.8 Å². The van der Waals surface area contributed by atoms with Gasteiger partial charge in [-0.15, -0.1) is 0 Å². The third-order valence-corrected chi connectivity index (χ3v) is 4.70. The second-order valence-electron chi connectivity index (χ2n) is 4.10. The Balaban J connectivity index is 2.19. The van der Waals surface area contributed by atoms with Crippen LogP contribution < -0.4 is 5.32 Å². The first-order valence-electron chi connectivity index (χ1n) is 5.63. The van der Waals surface area contributed by atoms with Crippen LogP contribution in [0.2, 0.25) is 0 Å². The maximum Gasteiger partial charge on any atom is 0.150 e. The Morgan fingerprint density at radius 2 is 2.27 bits per heavy atom. The molecule has 1 aliphatic heterocycles. The molecule has 2 atom stereocenters. The number of hydrogen-bond donors (Lipinski definition) is 1. The summed E-state index contributed by atoms with van der Waals surface area (Å²) in [5.41, 5.74) is 0. The van der Waals surface area contributed by atoms with Gasteiger partial charge < -0.3 is 5.32 Å². The summed E-state index contributed by atoms with van der Waals surface area (Å²) in [4.78, 5) is 0. The van der Waals surface area contributed by atoms with Crippen LogP contribution in [0.5, 0.6) is 0 Å². The lowest BCUT2D eigenvalue weighted by molar-refractivity contribution is 0.248. The molecule has 0 amide bonds. The molecule has 0 aromatic carbocycles. The summed E-state index contributed by atoms with van der Waals surface area (Å²) in [6.07, 6.45) is 1.81. The van der Waals surface area contributed by atoms with E-state index in [1.807, 2.05) is 0 Å². The first kappa shape index (κ1) is 12.9. The number of sulfone groups is 1. The molecule has 5 heteroatoms. The van der Waals surface area contributed by atoms with Gasteiger partial charge in [-0.1, -0.05) is 6.92 Å². The van der Waals surface area contributed by atoms with E-state index in [-0.39, 0.29) is 17.5 Å². The standard InChI is InChI=1S/C10H20FNO2S/c1-2-15(13,14)8-4-5-9(11)10-6-3-7-12-10/h9-10,12H,2-8H2,1H3. The summed E-state index contributed by atoms with van der Waals surface area (Å²) >= 11 is 0. The molecule has 1 saturated heterocycles. The fraction of sp³-hybridized carbons (Fsp3) is 1.00. The second-order valence-corrected chi connectivity index (χ2v) is 6.57. The average Bonchev–Trinajstić information content (AvgIpc) is 2.70. The van der Waals surface area contributed by atoms with Gasteiger partial charge in [-0.2, -0.15) is 0 Å². The third-order valence-electron chi connectivity index (χ3n) is 2.91. The molecule has 0 aromatic heterocycles. The monoisotopic (exact) mass is 237 g/mol. The van der Waals surface area contributed by atoms with Gasteiger partial charge in [0.1, 0.15) is 16.0 Å². The zero-order valence-corrected chi connectivity index (χ0v) is 10.0. The van der Waals surface area contributed by atoms with Gasteiger partial charge in [-0.3, -0.25) is 0 Å². The number of rotatable bonds is 6. The fourth-order valence-electron chi connectivity index (χ4n) is 1.86. The van der Waals surface area contributed by atoms with E-state index >= 15 is 0 Å². The molecule has 2 unspecified atom stereocenters. The van der Waals surface area contributed by atoms with Crippen molar-refractivity contribution in [2.75, 3.05) is 18.1 Å². The van der Waals surface area contributed by atoms with E-state index in [2.05, 4.69) is 5.32 Å². The molecule has 1 heterocycles. The van der Waals surface area contributed by atoms with E-state index in [1.54, 1.807) is 6.92 Å².